The zero-order chi connectivity index (χ0) is 23.8. The molecule has 1 fully saturated rings. The van der Waals surface area contributed by atoms with E-state index in [4.69, 9.17) is 9.47 Å². The van der Waals surface area contributed by atoms with Crippen LogP contribution in [0.4, 0.5) is 0 Å². The van der Waals surface area contributed by atoms with E-state index in [0.29, 0.717) is 22.6 Å². The van der Waals surface area contributed by atoms with Crippen LogP contribution in [-0.4, -0.2) is 48.2 Å². The van der Waals surface area contributed by atoms with Gasteiger partial charge in [0, 0.05) is 16.1 Å². The molecule has 8 nitrogen and oxygen atoms in total. The smallest absolute Gasteiger partial charge is 0.248 e. The van der Waals surface area contributed by atoms with Crippen LogP contribution in [0.15, 0.2) is 77.9 Å². The van der Waals surface area contributed by atoms with Crippen LogP contribution in [0.5, 0.6) is 11.5 Å². The van der Waals surface area contributed by atoms with Crippen molar-refractivity contribution in [2.45, 2.75) is 24.0 Å². The number of fused-ring (bicyclic) bond motifs is 3. The van der Waals surface area contributed by atoms with Crippen molar-refractivity contribution in [1.29, 1.82) is 0 Å². The minimum absolute atomic E-state index is 0.216. The molecule has 3 aromatic carbocycles. The van der Waals surface area contributed by atoms with Gasteiger partial charge in [-0.05, 0) is 23.3 Å². The molecule has 0 radical (unpaired) electrons. The molecule has 0 N–H and O–H groups in total. The third-order valence-corrected chi connectivity index (χ3v) is 6.61. The Labute approximate surface area is 196 Å². The van der Waals surface area contributed by atoms with E-state index in [1.54, 1.807) is 53.7 Å². The van der Waals surface area contributed by atoms with Gasteiger partial charge < -0.3 is 9.47 Å². The van der Waals surface area contributed by atoms with Gasteiger partial charge in [-0.1, -0.05) is 60.7 Å². The number of nitrogens with zero attached hydrogens (tertiary/aromatic N) is 3. The fourth-order valence-electron chi connectivity index (χ4n) is 5.12. The molecule has 2 heterocycles. The molecular formula is C26H23N3O5. The van der Waals surface area contributed by atoms with Gasteiger partial charge in [-0.25, -0.2) is 0 Å². The summed E-state index contributed by atoms with van der Waals surface area (Å²) in [4.78, 5) is 26.2. The van der Waals surface area contributed by atoms with Gasteiger partial charge in [0.2, 0.25) is 6.04 Å². The van der Waals surface area contributed by atoms with E-state index in [1.807, 2.05) is 30.3 Å². The number of methoxy groups -OCH3 is 2. The fourth-order valence-corrected chi connectivity index (χ4v) is 5.12. The van der Waals surface area contributed by atoms with Gasteiger partial charge in [-0.2, -0.15) is 5.10 Å². The number of hydrazone groups is 1. The van der Waals surface area contributed by atoms with Crippen LogP contribution in [0.3, 0.4) is 0 Å². The number of ketones is 1. The molecule has 34 heavy (non-hydrogen) atoms. The van der Waals surface area contributed by atoms with Gasteiger partial charge in [0.1, 0.15) is 12.1 Å². The monoisotopic (exact) mass is 457 g/mol. The average molecular weight is 457 g/mol. The normalized spacial score (nSPS) is 22.6. The SMILES string of the molecule is COc1ccc([C@H]2[C@H]([N+](=O)[O-])[C@@H]3c4ccccc4C=NN3[C@@H]2C(=O)c2ccccc2)cc1OC. The highest BCUT2D eigenvalue weighted by molar-refractivity contribution is 6.01. The number of carbonyl (C=O) groups is 1. The van der Waals surface area contributed by atoms with Gasteiger partial charge in [-0.3, -0.25) is 19.9 Å². The maximum Gasteiger partial charge on any atom is 0.248 e. The first-order valence-corrected chi connectivity index (χ1v) is 10.9. The summed E-state index contributed by atoms with van der Waals surface area (Å²) >= 11 is 0. The summed E-state index contributed by atoms with van der Waals surface area (Å²) in [5.41, 5.74) is 2.70. The number of Topliss-reactive ketones (excluding diaryl/α,β-unsaturated/α-hetero) is 1. The molecule has 3 aromatic rings. The van der Waals surface area contributed by atoms with Crippen molar-refractivity contribution in [3.8, 4) is 11.5 Å². The first-order chi connectivity index (χ1) is 16.5. The Morgan fingerprint density at radius 2 is 1.68 bits per heavy atom. The van der Waals surface area contributed by atoms with E-state index in [1.165, 1.54) is 14.2 Å². The van der Waals surface area contributed by atoms with Crippen LogP contribution in [0.2, 0.25) is 0 Å². The Hall–Kier alpha value is -4.20. The second-order valence-electron chi connectivity index (χ2n) is 8.29. The topological polar surface area (TPSA) is 94.3 Å². The van der Waals surface area contributed by atoms with Crippen molar-refractivity contribution in [3.63, 3.8) is 0 Å². The highest BCUT2D eigenvalue weighted by Crippen LogP contribution is 2.50. The fraction of sp³-hybridized carbons (Fsp3) is 0.231. The predicted octanol–water partition coefficient (Wildman–Crippen LogP) is 4.09. The van der Waals surface area contributed by atoms with E-state index in [9.17, 15) is 14.9 Å². The van der Waals surface area contributed by atoms with Crippen LogP contribution in [-0.2, 0) is 0 Å². The number of rotatable bonds is 6. The zero-order valence-electron chi connectivity index (χ0n) is 18.7. The van der Waals surface area contributed by atoms with Crippen molar-refractivity contribution in [2.24, 2.45) is 5.10 Å². The first-order valence-electron chi connectivity index (χ1n) is 10.9. The molecule has 0 amide bonds. The van der Waals surface area contributed by atoms with Crippen molar-refractivity contribution in [3.05, 3.63) is 105 Å². The van der Waals surface area contributed by atoms with Crippen molar-refractivity contribution >= 4 is 12.0 Å². The second-order valence-corrected chi connectivity index (χ2v) is 8.29. The lowest BCUT2D eigenvalue weighted by molar-refractivity contribution is -0.529. The van der Waals surface area contributed by atoms with E-state index in [-0.39, 0.29) is 10.7 Å². The third kappa shape index (κ3) is 3.39. The number of nitro groups is 1. The summed E-state index contributed by atoms with van der Waals surface area (Å²) in [6, 6.07) is 18.9. The largest absolute Gasteiger partial charge is 0.493 e. The molecule has 5 rings (SSSR count). The average Bonchev–Trinajstić information content (AvgIpc) is 3.24. The van der Waals surface area contributed by atoms with E-state index in [0.717, 1.165) is 11.1 Å². The summed E-state index contributed by atoms with van der Waals surface area (Å²) in [7, 11) is 3.04. The Balaban J connectivity index is 1.72. The summed E-state index contributed by atoms with van der Waals surface area (Å²) in [5, 5.41) is 18.8. The van der Waals surface area contributed by atoms with E-state index < -0.39 is 24.0 Å². The molecule has 0 bridgehead atoms. The van der Waals surface area contributed by atoms with Crippen LogP contribution < -0.4 is 9.47 Å². The lowest BCUT2D eigenvalue weighted by atomic mass is 9.82. The second kappa shape index (κ2) is 8.62. The summed E-state index contributed by atoms with van der Waals surface area (Å²) in [5.74, 6) is -0.0298. The van der Waals surface area contributed by atoms with Crippen LogP contribution in [0, 0.1) is 10.1 Å². The molecule has 0 aliphatic carbocycles. The number of ether oxygens (including phenoxy) is 2. The highest BCUT2D eigenvalue weighted by atomic mass is 16.6. The number of hydrogen-bond donors (Lipinski definition) is 0. The summed E-state index contributed by atoms with van der Waals surface area (Å²) < 4.78 is 10.8. The summed E-state index contributed by atoms with van der Waals surface area (Å²) in [6.45, 7) is 0. The Morgan fingerprint density at radius 1 is 0.971 bits per heavy atom. The maximum absolute atomic E-state index is 13.8. The molecule has 8 heteroatoms. The molecular weight excluding hydrogens is 434 g/mol. The Kier molecular flexibility index (Phi) is 5.49. The number of benzene rings is 3. The predicted molar refractivity (Wildman–Crippen MR) is 126 cm³/mol. The quantitative estimate of drug-likeness (QED) is 0.314. The Morgan fingerprint density at radius 3 is 2.38 bits per heavy atom. The van der Waals surface area contributed by atoms with Gasteiger partial charge in [0.25, 0.3) is 0 Å². The molecule has 0 aromatic heterocycles. The number of hydrogen-bond acceptors (Lipinski definition) is 7. The number of carbonyl (C=O) groups excluding carboxylic acids is 1. The van der Waals surface area contributed by atoms with Crippen molar-refractivity contribution in [1.82, 2.24) is 5.01 Å². The molecule has 2 aliphatic heterocycles. The molecule has 0 saturated carbocycles. The molecule has 2 aliphatic rings. The molecule has 172 valence electrons. The van der Waals surface area contributed by atoms with Crippen molar-refractivity contribution < 1.29 is 19.2 Å². The van der Waals surface area contributed by atoms with Gasteiger partial charge in [0.15, 0.2) is 17.3 Å². The third-order valence-electron chi connectivity index (χ3n) is 6.61. The van der Waals surface area contributed by atoms with Crippen LogP contribution in [0.25, 0.3) is 0 Å². The zero-order valence-corrected chi connectivity index (χ0v) is 18.7. The van der Waals surface area contributed by atoms with Gasteiger partial charge >= 0.3 is 0 Å². The van der Waals surface area contributed by atoms with Gasteiger partial charge in [0.05, 0.1) is 26.4 Å². The van der Waals surface area contributed by atoms with Gasteiger partial charge in [-0.15, -0.1) is 0 Å². The van der Waals surface area contributed by atoms with E-state index in [2.05, 4.69) is 5.10 Å². The minimum atomic E-state index is -1.10. The molecule has 0 unspecified atom stereocenters. The Bertz CT molecular complexity index is 1280. The minimum Gasteiger partial charge on any atom is -0.493 e. The molecule has 1 saturated heterocycles. The standard InChI is InChI=1S/C26H23N3O5/c1-33-20-13-12-17(14-21(20)34-2)22-24(29(31)32)23-19-11-7-6-10-18(19)15-27-28(23)25(22)26(30)16-8-4-3-5-9-16/h3-15,22-25H,1-2H3/t22-,23-,24-,25-/m0/s1. The lowest BCUT2D eigenvalue weighted by Crippen LogP contribution is -2.38. The van der Waals surface area contributed by atoms with Crippen LogP contribution >= 0.6 is 0 Å². The molecule has 4 atom stereocenters. The highest BCUT2D eigenvalue weighted by Gasteiger charge is 2.60. The van der Waals surface area contributed by atoms with E-state index >= 15 is 0 Å². The molecule has 0 spiro atoms. The lowest BCUT2D eigenvalue weighted by Gasteiger charge is -2.30. The summed E-state index contributed by atoms with van der Waals surface area (Å²) in [6.07, 6.45) is 1.67. The maximum atomic E-state index is 13.8. The van der Waals surface area contributed by atoms with Crippen LogP contribution in [0.1, 0.15) is 39.0 Å². The first kappa shape index (κ1) is 21.6. The van der Waals surface area contributed by atoms with Crippen molar-refractivity contribution in [2.75, 3.05) is 14.2 Å².